The van der Waals surface area contributed by atoms with Gasteiger partial charge in [-0.05, 0) is 48.0 Å². The van der Waals surface area contributed by atoms with Crippen LogP contribution in [0, 0.1) is 0 Å². The molecule has 0 aliphatic rings. The summed E-state index contributed by atoms with van der Waals surface area (Å²) in [5, 5.41) is 5.47. The molecule has 168 valence electrons. The molecule has 0 saturated carbocycles. The minimum Gasteiger partial charge on any atom is -0.495 e. The van der Waals surface area contributed by atoms with E-state index < -0.39 is 9.84 Å². The van der Waals surface area contributed by atoms with Crippen LogP contribution in [-0.4, -0.2) is 26.4 Å². The predicted molar refractivity (Wildman–Crippen MR) is 131 cm³/mol. The lowest BCUT2D eigenvalue weighted by Gasteiger charge is -2.07. The first-order valence-corrected chi connectivity index (χ1v) is 12.7. The van der Waals surface area contributed by atoms with Crippen molar-refractivity contribution in [2.45, 2.75) is 10.6 Å². The topological polar surface area (TPSA) is 85.4 Å². The highest BCUT2D eigenvalue weighted by Gasteiger charge is 2.17. The summed E-state index contributed by atoms with van der Waals surface area (Å²) >= 11 is 7.47. The van der Waals surface area contributed by atoms with Crippen molar-refractivity contribution in [2.75, 3.05) is 12.4 Å². The quantitative estimate of drug-likeness (QED) is 0.353. The molecule has 0 atom stereocenters. The van der Waals surface area contributed by atoms with Crippen molar-refractivity contribution in [3.8, 4) is 17.0 Å². The van der Waals surface area contributed by atoms with Crippen LogP contribution in [0.5, 0.6) is 5.75 Å². The van der Waals surface area contributed by atoms with Gasteiger partial charge in [0.25, 0.3) is 5.91 Å². The third-order valence-corrected chi connectivity index (χ3v) is 7.58. The molecule has 0 spiro atoms. The SMILES string of the molecule is COc1ccc(-c2csc(NC(=O)c3cccc(CS(=O)(=O)c4ccccc4)c3)n2)cc1Cl. The molecule has 6 nitrogen and oxygen atoms in total. The van der Waals surface area contributed by atoms with Crippen LogP contribution in [0.3, 0.4) is 0 Å². The van der Waals surface area contributed by atoms with Gasteiger partial charge in [0, 0.05) is 16.5 Å². The van der Waals surface area contributed by atoms with E-state index in [2.05, 4.69) is 10.3 Å². The van der Waals surface area contributed by atoms with Crippen molar-refractivity contribution in [3.63, 3.8) is 0 Å². The summed E-state index contributed by atoms with van der Waals surface area (Å²) < 4.78 is 30.5. The van der Waals surface area contributed by atoms with E-state index in [9.17, 15) is 13.2 Å². The van der Waals surface area contributed by atoms with Crippen LogP contribution in [0.4, 0.5) is 5.13 Å². The number of carbonyl (C=O) groups is 1. The third kappa shape index (κ3) is 5.42. The summed E-state index contributed by atoms with van der Waals surface area (Å²) in [6, 6.07) is 20.1. The molecule has 1 amide bonds. The Balaban J connectivity index is 1.48. The summed E-state index contributed by atoms with van der Waals surface area (Å²) in [5.41, 5.74) is 2.34. The molecule has 4 rings (SSSR count). The molecule has 9 heteroatoms. The number of sulfone groups is 1. The van der Waals surface area contributed by atoms with Gasteiger partial charge in [-0.25, -0.2) is 13.4 Å². The molecule has 1 aromatic heterocycles. The van der Waals surface area contributed by atoms with E-state index in [0.29, 0.717) is 32.7 Å². The Morgan fingerprint density at radius 2 is 1.85 bits per heavy atom. The predicted octanol–water partition coefficient (Wildman–Crippen LogP) is 5.70. The maximum absolute atomic E-state index is 12.8. The Hall–Kier alpha value is -3.20. The average Bonchev–Trinajstić information content (AvgIpc) is 3.28. The van der Waals surface area contributed by atoms with Crippen molar-refractivity contribution in [1.82, 2.24) is 4.98 Å². The number of nitrogens with zero attached hydrogens (tertiary/aromatic N) is 1. The molecule has 0 fully saturated rings. The fraction of sp³-hybridized carbons (Fsp3) is 0.0833. The van der Waals surface area contributed by atoms with Gasteiger partial charge < -0.3 is 4.74 Å². The number of aromatic nitrogens is 1. The molecule has 1 heterocycles. The lowest BCUT2D eigenvalue weighted by atomic mass is 10.1. The van der Waals surface area contributed by atoms with Gasteiger partial charge in [0.1, 0.15) is 5.75 Å². The maximum Gasteiger partial charge on any atom is 0.257 e. The number of carbonyl (C=O) groups excluding carboxylic acids is 1. The van der Waals surface area contributed by atoms with Crippen LogP contribution in [0.25, 0.3) is 11.3 Å². The number of rotatable bonds is 7. The van der Waals surface area contributed by atoms with Crippen molar-refractivity contribution in [1.29, 1.82) is 0 Å². The molecule has 4 aromatic rings. The van der Waals surface area contributed by atoms with Gasteiger partial charge in [-0.2, -0.15) is 0 Å². The molecule has 33 heavy (non-hydrogen) atoms. The van der Waals surface area contributed by atoms with E-state index >= 15 is 0 Å². The summed E-state index contributed by atoms with van der Waals surface area (Å²) in [4.78, 5) is 17.5. The van der Waals surface area contributed by atoms with E-state index in [4.69, 9.17) is 16.3 Å². The Labute approximate surface area is 200 Å². The summed E-state index contributed by atoms with van der Waals surface area (Å²) in [6.07, 6.45) is 0. The van der Waals surface area contributed by atoms with Gasteiger partial charge >= 0.3 is 0 Å². The molecule has 3 aromatic carbocycles. The Bertz CT molecular complexity index is 1400. The van der Waals surface area contributed by atoms with Crippen molar-refractivity contribution < 1.29 is 17.9 Å². The number of ether oxygens (including phenoxy) is 1. The minimum absolute atomic E-state index is 0.197. The van der Waals surface area contributed by atoms with Crippen LogP contribution in [0.1, 0.15) is 15.9 Å². The number of hydrogen-bond donors (Lipinski definition) is 1. The Morgan fingerprint density at radius 1 is 1.06 bits per heavy atom. The van der Waals surface area contributed by atoms with Gasteiger partial charge in [0.05, 0.1) is 28.5 Å². The fourth-order valence-electron chi connectivity index (χ4n) is 3.19. The second kappa shape index (κ2) is 9.74. The minimum atomic E-state index is -3.51. The monoisotopic (exact) mass is 498 g/mol. The molecule has 0 unspecified atom stereocenters. The summed E-state index contributed by atoms with van der Waals surface area (Å²) in [5.74, 6) is -0.00134. The largest absolute Gasteiger partial charge is 0.495 e. The van der Waals surface area contributed by atoms with E-state index in [0.717, 1.165) is 5.56 Å². The number of methoxy groups -OCH3 is 1. The molecule has 0 aliphatic carbocycles. The van der Waals surface area contributed by atoms with Crippen LogP contribution in [0.2, 0.25) is 5.02 Å². The molecular weight excluding hydrogens is 480 g/mol. The van der Waals surface area contributed by atoms with E-state index in [1.54, 1.807) is 73.8 Å². The number of benzene rings is 3. The summed E-state index contributed by atoms with van der Waals surface area (Å²) in [6.45, 7) is 0. The molecular formula is C24H19ClN2O4S2. The number of anilines is 1. The normalized spacial score (nSPS) is 11.2. The smallest absolute Gasteiger partial charge is 0.257 e. The van der Waals surface area contributed by atoms with Gasteiger partial charge in [-0.3, -0.25) is 10.1 Å². The van der Waals surface area contributed by atoms with Gasteiger partial charge in [-0.1, -0.05) is 41.9 Å². The standard InChI is InChI=1S/C24H19ClN2O4S2/c1-31-22-11-10-17(13-20(22)25)21-14-32-24(26-21)27-23(28)18-7-5-6-16(12-18)15-33(29,30)19-8-3-2-4-9-19/h2-14H,15H2,1H3,(H,26,27,28). The fourth-order valence-corrected chi connectivity index (χ4v) is 5.52. The van der Waals surface area contributed by atoms with E-state index in [-0.39, 0.29) is 16.6 Å². The zero-order valence-electron chi connectivity index (χ0n) is 17.5. The van der Waals surface area contributed by atoms with Crippen LogP contribution in [0.15, 0.2) is 83.1 Å². The highest BCUT2D eigenvalue weighted by molar-refractivity contribution is 7.90. The van der Waals surface area contributed by atoms with Crippen molar-refractivity contribution in [3.05, 3.63) is 94.3 Å². The molecule has 0 bridgehead atoms. The first-order chi connectivity index (χ1) is 15.9. The molecule has 0 radical (unpaired) electrons. The van der Waals surface area contributed by atoms with Crippen LogP contribution < -0.4 is 10.1 Å². The number of nitrogens with one attached hydrogen (secondary N) is 1. The Kier molecular flexibility index (Phi) is 6.78. The molecule has 0 aliphatic heterocycles. The maximum atomic E-state index is 12.8. The van der Waals surface area contributed by atoms with E-state index in [1.165, 1.54) is 11.3 Å². The van der Waals surface area contributed by atoms with Crippen molar-refractivity contribution >= 4 is 43.8 Å². The van der Waals surface area contributed by atoms with Gasteiger partial charge in [0.15, 0.2) is 15.0 Å². The van der Waals surface area contributed by atoms with Gasteiger partial charge in [0.2, 0.25) is 0 Å². The number of halogens is 1. The number of amides is 1. The first-order valence-electron chi connectivity index (χ1n) is 9.83. The van der Waals surface area contributed by atoms with Gasteiger partial charge in [-0.15, -0.1) is 11.3 Å². The Morgan fingerprint density at radius 3 is 2.58 bits per heavy atom. The average molecular weight is 499 g/mol. The third-order valence-electron chi connectivity index (χ3n) is 4.82. The highest BCUT2D eigenvalue weighted by atomic mass is 35.5. The van der Waals surface area contributed by atoms with Crippen molar-refractivity contribution in [2.24, 2.45) is 0 Å². The zero-order valence-corrected chi connectivity index (χ0v) is 19.9. The highest BCUT2D eigenvalue weighted by Crippen LogP contribution is 2.32. The van der Waals surface area contributed by atoms with Crippen LogP contribution >= 0.6 is 22.9 Å². The number of hydrogen-bond acceptors (Lipinski definition) is 6. The molecule has 1 N–H and O–H groups in total. The molecule has 0 saturated heterocycles. The lowest BCUT2D eigenvalue weighted by Crippen LogP contribution is -2.12. The lowest BCUT2D eigenvalue weighted by molar-refractivity contribution is 0.102. The van der Waals surface area contributed by atoms with Crippen LogP contribution in [-0.2, 0) is 15.6 Å². The van der Waals surface area contributed by atoms with E-state index in [1.807, 2.05) is 11.4 Å². The summed E-state index contributed by atoms with van der Waals surface area (Å²) in [7, 11) is -1.97. The number of thiazole rings is 1. The second-order valence-electron chi connectivity index (χ2n) is 7.11. The second-order valence-corrected chi connectivity index (χ2v) is 10.4. The first kappa shape index (κ1) is 23.0. The zero-order chi connectivity index (χ0) is 23.4.